The van der Waals surface area contributed by atoms with E-state index in [4.69, 9.17) is 0 Å². The molecule has 3 atom stereocenters. The van der Waals surface area contributed by atoms with Gasteiger partial charge in [0.15, 0.2) is 0 Å². The highest BCUT2D eigenvalue weighted by atomic mass is 15.3. The van der Waals surface area contributed by atoms with Crippen molar-refractivity contribution in [2.75, 3.05) is 33.7 Å². The first-order valence-electron chi connectivity index (χ1n) is 30.6. The van der Waals surface area contributed by atoms with Gasteiger partial charge in [0.2, 0.25) is 0 Å². The Labute approximate surface area is 400 Å². The smallest absolute Gasteiger partial charge is 0.0181 e. The van der Waals surface area contributed by atoms with Crippen LogP contribution in [0, 0.1) is 11.8 Å². The van der Waals surface area contributed by atoms with Crippen molar-refractivity contribution in [1.82, 2.24) is 9.80 Å². The zero-order valence-electron chi connectivity index (χ0n) is 44.5. The summed E-state index contributed by atoms with van der Waals surface area (Å²) in [6.07, 6.45) is 77.4. The standard InChI is InChI=1S/C61H122N2/c1-4-5-6-7-8-9-10-11-12-13-14-15-16-17-18-19-20-21-22-23-24-25-26-27-28-29-30-31-32-33-34-35-36-37-38-39-40-41-42-43-44-45-46-47-48-49-50-51-52-53-54-55-56-63(3)61-59-57-62(2)58-60(59)61/h59-61H,4-58H2,1-3H3/t59-,60+,61?. The fourth-order valence-corrected chi connectivity index (χ4v) is 11.8. The molecule has 2 nitrogen and oxygen atoms in total. The third-order valence-corrected chi connectivity index (χ3v) is 16.2. The number of fused-ring (bicyclic) bond motifs is 1. The Balaban J connectivity index is 1.10. The van der Waals surface area contributed by atoms with Crippen LogP contribution in [0.15, 0.2) is 0 Å². The zero-order valence-corrected chi connectivity index (χ0v) is 44.5. The summed E-state index contributed by atoms with van der Waals surface area (Å²) in [5.41, 5.74) is 0. The molecular weight excluding hydrogens is 761 g/mol. The average Bonchev–Trinajstić information content (AvgIpc) is 3.81. The monoisotopic (exact) mass is 883 g/mol. The number of nitrogens with zero attached hydrogens (tertiary/aromatic N) is 2. The molecule has 0 N–H and O–H groups in total. The Bertz CT molecular complexity index is 859. The van der Waals surface area contributed by atoms with E-state index in [9.17, 15) is 0 Å². The maximum Gasteiger partial charge on any atom is 0.0181 e. The molecular formula is C61H122N2. The summed E-state index contributed by atoms with van der Waals surface area (Å²) in [5, 5.41) is 0. The molecule has 1 heterocycles. The lowest BCUT2D eigenvalue weighted by Gasteiger charge is -2.21. The normalized spacial score (nSPS) is 17.4. The minimum absolute atomic E-state index is 0.924. The number of rotatable bonds is 54. The Morgan fingerprint density at radius 2 is 0.429 bits per heavy atom. The van der Waals surface area contributed by atoms with Gasteiger partial charge in [-0.1, -0.05) is 334 Å². The van der Waals surface area contributed by atoms with E-state index in [0.29, 0.717) is 0 Å². The number of piperidine rings is 1. The lowest BCUT2D eigenvalue weighted by molar-refractivity contribution is 0.244. The summed E-state index contributed by atoms with van der Waals surface area (Å²) >= 11 is 0. The van der Waals surface area contributed by atoms with Crippen LogP contribution >= 0.6 is 0 Å². The van der Waals surface area contributed by atoms with Crippen molar-refractivity contribution in [2.45, 2.75) is 347 Å². The molecule has 1 saturated carbocycles. The van der Waals surface area contributed by atoms with Gasteiger partial charge in [-0.15, -0.1) is 0 Å². The summed E-state index contributed by atoms with van der Waals surface area (Å²) in [6, 6.07) is 0.924. The van der Waals surface area contributed by atoms with Crippen LogP contribution in [0.25, 0.3) is 0 Å². The van der Waals surface area contributed by atoms with E-state index >= 15 is 0 Å². The summed E-state index contributed by atoms with van der Waals surface area (Å²) in [5.74, 6) is 1.99. The number of hydrogen-bond acceptors (Lipinski definition) is 2. The minimum atomic E-state index is 0.924. The molecule has 2 aliphatic rings. The maximum atomic E-state index is 2.69. The van der Waals surface area contributed by atoms with Gasteiger partial charge in [-0.05, 0) is 38.9 Å². The van der Waals surface area contributed by atoms with Crippen molar-refractivity contribution in [1.29, 1.82) is 0 Å². The summed E-state index contributed by atoms with van der Waals surface area (Å²) < 4.78 is 0. The van der Waals surface area contributed by atoms with Crippen molar-refractivity contribution < 1.29 is 0 Å². The van der Waals surface area contributed by atoms with E-state index < -0.39 is 0 Å². The van der Waals surface area contributed by atoms with Crippen molar-refractivity contribution in [2.24, 2.45) is 11.8 Å². The van der Waals surface area contributed by atoms with Gasteiger partial charge in [-0.25, -0.2) is 0 Å². The third-order valence-electron chi connectivity index (χ3n) is 16.2. The quantitative estimate of drug-likeness (QED) is 0.0562. The van der Waals surface area contributed by atoms with Gasteiger partial charge in [-0.2, -0.15) is 0 Å². The number of unbranched alkanes of at least 4 members (excludes halogenated alkanes) is 51. The second kappa shape index (κ2) is 47.0. The zero-order chi connectivity index (χ0) is 44.8. The van der Waals surface area contributed by atoms with Gasteiger partial charge in [0.05, 0.1) is 0 Å². The van der Waals surface area contributed by atoms with Gasteiger partial charge in [0.25, 0.3) is 0 Å². The van der Waals surface area contributed by atoms with Gasteiger partial charge in [0.1, 0.15) is 0 Å². The van der Waals surface area contributed by atoms with Crippen LogP contribution in [0.4, 0.5) is 0 Å². The topological polar surface area (TPSA) is 6.48 Å². The van der Waals surface area contributed by atoms with Crippen LogP contribution in [0.2, 0.25) is 0 Å². The molecule has 0 aromatic rings. The van der Waals surface area contributed by atoms with Gasteiger partial charge in [0, 0.05) is 19.1 Å². The summed E-state index contributed by atoms with van der Waals surface area (Å²) in [6.45, 7) is 6.34. The van der Waals surface area contributed by atoms with E-state index in [1.165, 1.54) is 354 Å². The Morgan fingerprint density at radius 3 is 0.603 bits per heavy atom. The molecule has 0 aromatic heterocycles. The van der Waals surface area contributed by atoms with Crippen LogP contribution in [0.3, 0.4) is 0 Å². The second-order valence-corrected chi connectivity index (χ2v) is 22.6. The average molecular weight is 884 g/mol. The Morgan fingerprint density at radius 1 is 0.270 bits per heavy atom. The second-order valence-electron chi connectivity index (χ2n) is 22.6. The van der Waals surface area contributed by atoms with Gasteiger partial charge >= 0.3 is 0 Å². The number of hydrogen-bond donors (Lipinski definition) is 0. The van der Waals surface area contributed by atoms with Crippen molar-refractivity contribution in [3.8, 4) is 0 Å². The maximum absolute atomic E-state index is 2.69. The van der Waals surface area contributed by atoms with Gasteiger partial charge < -0.3 is 9.80 Å². The molecule has 1 saturated heterocycles. The van der Waals surface area contributed by atoms with E-state index in [2.05, 4.69) is 30.8 Å². The highest BCUT2D eigenvalue weighted by Crippen LogP contribution is 2.48. The van der Waals surface area contributed by atoms with E-state index in [-0.39, 0.29) is 0 Å². The van der Waals surface area contributed by atoms with Crippen LogP contribution in [-0.4, -0.2) is 49.6 Å². The molecule has 2 heteroatoms. The first kappa shape index (κ1) is 59.0. The van der Waals surface area contributed by atoms with E-state index in [1.54, 1.807) is 0 Å². The minimum Gasteiger partial charge on any atom is -0.306 e. The molecule has 0 amide bonds. The van der Waals surface area contributed by atoms with Crippen LogP contribution in [0.1, 0.15) is 341 Å². The largest absolute Gasteiger partial charge is 0.306 e. The highest BCUT2D eigenvalue weighted by Gasteiger charge is 2.56. The molecule has 0 radical (unpaired) electrons. The lowest BCUT2D eigenvalue weighted by atomic mass is 10.0. The Kier molecular flexibility index (Phi) is 44.1. The Hall–Kier alpha value is -0.0800. The fraction of sp³-hybridized carbons (Fsp3) is 1.00. The molecule has 0 bridgehead atoms. The first-order chi connectivity index (χ1) is 31.2. The predicted molar refractivity (Wildman–Crippen MR) is 287 cm³/mol. The number of likely N-dealkylation sites (tertiary alicyclic amines) is 1. The van der Waals surface area contributed by atoms with Gasteiger partial charge in [-0.3, -0.25) is 0 Å². The van der Waals surface area contributed by atoms with Crippen molar-refractivity contribution in [3.05, 3.63) is 0 Å². The van der Waals surface area contributed by atoms with Crippen LogP contribution in [0.5, 0.6) is 0 Å². The highest BCUT2D eigenvalue weighted by molar-refractivity contribution is 5.09. The molecule has 1 aliphatic carbocycles. The fourth-order valence-electron chi connectivity index (χ4n) is 11.8. The first-order valence-corrected chi connectivity index (χ1v) is 30.6. The van der Waals surface area contributed by atoms with Crippen LogP contribution in [-0.2, 0) is 0 Å². The molecule has 1 unspecified atom stereocenters. The molecule has 376 valence electrons. The third kappa shape index (κ3) is 38.6. The van der Waals surface area contributed by atoms with E-state index in [1.807, 2.05) is 0 Å². The van der Waals surface area contributed by atoms with E-state index in [0.717, 1.165) is 17.9 Å². The molecule has 2 fully saturated rings. The SMILES string of the molecule is CCCCCCCCCCCCCCCCCCCCCCCCCCCCCCCCCCCCCCCCCCCCCCCCCCCCCCN(C)C1[C@H]2CN(C)C[C@@H]12. The lowest BCUT2D eigenvalue weighted by Crippen LogP contribution is -2.31. The van der Waals surface area contributed by atoms with Crippen molar-refractivity contribution >= 4 is 0 Å². The summed E-state index contributed by atoms with van der Waals surface area (Å²) in [7, 11) is 4.68. The molecule has 0 spiro atoms. The molecule has 1 aliphatic heterocycles. The molecule has 63 heavy (non-hydrogen) atoms. The molecule has 0 aromatic carbocycles. The molecule has 2 rings (SSSR count). The van der Waals surface area contributed by atoms with Crippen LogP contribution < -0.4 is 0 Å². The predicted octanol–water partition coefficient (Wildman–Crippen LogP) is 20.8. The summed E-state index contributed by atoms with van der Waals surface area (Å²) in [4.78, 5) is 5.21. The van der Waals surface area contributed by atoms with Crippen molar-refractivity contribution in [3.63, 3.8) is 0 Å².